The molecule has 2 aromatic rings. The molecule has 1 aromatic heterocycles. The third-order valence-electron chi connectivity index (χ3n) is 2.20. The van der Waals surface area contributed by atoms with Crippen LogP contribution in [0.15, 0.2) is 50.8 Å². The fourth-order valence-corrected chi connectivity index (χ4v) is 2.09. The maximum atomic E-state index is 11.5. The van der Waals surface area contributed by atoms with Crippen molar-refractivity contribution in [3.05, 3.63) is 51.9 Å². The van der Waals surface area contributed by atoms with Gasteiger partial charge in [0.05, 0.1) is 23.2 Å². The molecule has 1 heterocycles. The van der Waals surface area contributed by atoms with Crippen molar-refractivity contribution in [2.24, 2.45) is 5.10 Å². The van der Waals surface area contributed by atoms with Gasteiger partial charge in [0, 0.05) is 10.6 Å². The summed E-state index contributed by atoms with van der Waals surface area (Å²) in [4.78, 5) is 11.5. The van der Waals surface area contributed by atoms with Crippen LogP contribution in [0.4, 0.5) is 0 Å². The Labute approximate surface area is 128 Å². The molecule has 0 aliphatic carbocycles. The Morgan fingerprint density at radius 2 is 2.35 bits per heavy atom. The minimum Gasteiger partial charge on any atom is -0.483 e. The van der Waals surface area contributed by atoms with Gasteiger partial charge < -0.3 is 9.15 Å². The van der Waals surface area contributed by atoms with Gasteiger partial charge in [-0.05, 0) is 40.2 Å². The Hall–Kier alpha value is -1.79. The summed E-state index contributed by atoms with van der Waals surface area (Å²) in [6.07, 6.45) is 4.50. The zero-order chi connectivity index (χ0) is 14.4. The second-order valence-electron chi connectivity index (χ2n) is 3.71. The number of hydrogen-bond donors (Lipinski definition) is 1. The summed E-state index contributed by atoms with van der Waals surface area (Å²) in [6, 6.07) is 6.76. The monoisotopic (exact) mass is 356 g/mol. The van der Waals surface area contributed by atoms with Gasteiger partial charge in [0.1, 0.15) is 5.75 Å². The van der Waals surface area contributed by atoms with E-state index in [1.165, 1.54) is 18.7 Å². The molecule has 0 saturated carbocycles. The third kappa shape index (κ3) is 4.40. The molecule has 104 valence electrons. The van der Waals surface area contributed by atoms with Crippen LogP contribution in [0.1, 0.15) is 5.56 Å². The summed E-state index contributed by atoms with van der Waals surface area (Å²) in [5.41, 5.74) is 3.10. The van der Waals surface area contributed by atoms with Crippen molar-refractivity contribution in [2.45, 2.75) is 0 Å². The van der Waals surface area contributed by atoms with Gasteiger partial charge in [0.25, 0.3) is 5.91 Å². The lowest BCUT2D eigenvalue weighted by molar-refractivity contribution is -0.123. The smallest absolute Gasteiger partial charge is 0.277 e. The highest BCUT2D eigenvalue weighted by Crippen LogP contribution is 2.27. The summed E-state index contributed by atoms with van der Waals surface area (Å²) in [5.74, 6) is 0.162. The number of nitrogens with zero attached hydrogens (tertiary/aromatic N) is 1. The number of amides is 1. The molecule has 0 unspecified atom stereocenters. The van der Waals surface area contributed by atoms with E-state index in [0.717, 1.165) is 5.56 Å². The average Bonchev–Trinajstić information content (AvgIpc) is 2.91. The fraction of sp³-hybridized carbons (Fsp3) is 0.0769. The van der Waals surface area contributed by atoms with E-state index in [1.807, 2.05) is 0 Å². The van der Waals surface area contributed by atoms with Crippen LogP contribution in [0.2, 0.25) is 5.02 Å². The predicted molar refractivity (Wildman–Crippen MR) is 79.1 cm³/mol. The van der Waals surface area contributed by atoms with Gasteiger partial charge in [0.2, 0.25) is 0 Å². The van der Waals surface area contributed by atoms with E-state index >= 15 is 0 Å². The maximum absolute atomic E-state index is 11.5. The van der Waals surface area contributed by atoms with Crippen LogP contribution in [0.5, 0.6) is 5.75 Å². The maximum Gasteiger partial charge on any atom is 0.277 e. The van der Waals surface area contributed by atoms with Crippen molar-refractivity contribution < 1.29 is 13.9 Å². The Kier molecular flexibility index (Phi) is 5.20. The summed E-state index contributed by atoms with van der Waals surface area (Å²) in [6.45, 7) is -0.150. The van der Waals surface area contributed by atoms with E-state index in [-0.39, 0.29) is 12.5 Å². The molecule has 0 aliphatic heterocycles. The first-order chi connectivity index (χ1) is 9.65. The van der Waals surface area contributed by atoms with Crippen LogP contribution >= 0.6 is 27.5 Å². The largest absolute Gasteiger partial charge is 0.483 e. The zero-order valence-corrected chi connectivity index (χ0v) is 12.5. The van der Waals surface area contributed by atoms with Crippen LogP contribution in [0, 0.1) is 0 Å². The number of rotatable bonds is 5. The summed E-state index contributed by atoms with van der Waals surface area (Å²) in [5, 5.41) is 4.35. The summed E-state index contributed by atoms with van der Waals surface area (Å²) in [7, 11) is 0. The Morgan fingerprint density at radius 1 is 1.50 bits per heavy atom. The van der Waals surface area contributed by atoms with Crippen LogP contribution < -0.4 is 10.2 Å². The molecule has 2 rings (SSSR count). The molecular formula is C13H10BrClN2O3. The van der Waals surface area contributed by atoms with Gasteiger partial charge in [-0.15, -0.1) is 0 Å². The van der Waals surface area contributed by atoms with Gasteiger partial charge in [-0.25, -0.2) is 5.43 Å². The standard InChI is InChI=1S/C13H10BrClN2O3/c14-11-5-10(15)1-2-12(11)20-8-13(18)17-16-6-9-3-4-19-7-9/h1-7H,8H2,(H,17,18). The molecule has 20 heavy (non-hydrogen) atoms. The lowest BCUT2D eigenvalue weighted by Crippen LogP contribution is -2.24. The number of carbonyl (C=O) groups excluding carboxylic acids is 1. The van der Waals surface area contributed by atoms with Gasteiger partial charge in [-0.2, -0.15) is 5.10 Å². The molecule has 0 fully saturated rings. The number of nitrogens with one attached hydrogen (secondary N) is 1. The molecule has 0 radical (unpaired) electrons. The number of halogens is 2. The predicted octanol–water partition coefficient (Wildman–Crippen LogP) is 3.22. The number of furan rings is 1. The minimum atomic E-state index is -0.369. The van der Waals surface area contributed by atoms with Crippen molar-refractivity contribution in [3.8, 4) is 5.75 Å². The quantitative estimate of drug-likeness (QED) is 0.660. The van der Waals surface area contributed by atoms with Crippen molar-refractivity contribution >= 4 is 39.7 Å². The average molecular weight is 358 g/mol. The number of carbonyl (C=O) groups is 1. The van der Waals surface area contributed by atoms with Crippen molar-refractivity contribution in [2.75, 3.05) is 6.61 Å². The number of hydrazone groups is 1. The molecule has 7 heteroatoms. The molecule has 0 aliphatic rings. The fourth-order valence-electron chi connectivity index (χ4n) is 1.30. The summed E-state index contributed by atoms with van der Waals surface area (Å²) >= 11 is 9.10. The highest BCUT2D eigenvalue weighted by atomic mass is 79.9. The Bertz CT molecular complexity index is 614. The lowest BCUT2D eigenvalue weighted by atomic mass is 10.3. The third-order valence-corrected chi connectivity index (χ3v) is 3.05. The van der Waals surface area contributed by atoms with Crippen LogP contribution in [0.25, 0.3) is 0 Å². The first-order valence-corrected chi connectivity index (χ1v) is 6.74. The lowest BCUT2D eigenvalue weighted by Gasteiger charge is -2.07. The Morgan fingerprint density at radius 3 is 3.05 bits per heavy atom. The van der Waals surface area contributed by atoms with Crippen molar-refractivity contribution in [3.63, 3.8) is 0 Å². The molecule has 0 bridgehead atoms. The molecule has 0 atom stereocenters. The van der Waals surface area contributed by atoms with Gasteiger partial charge in [0.15, 0.2) is 6.61 Å². The molecule has 1 amide bonds. The molecular weight excluding hydrogens is 348 g/mol. The van der Waals surface area contributed by atoms with E-state index < -0.39 is 0 Å². The molecule has 0 spiro atoms. The van der Waals surface area contributed by atoms with Crippen LogP contribution in [0.3, 0.4) is 0 Å². The van der Waals surface area contributed by atoms with E-state index in [0.29, 0.717) is 15.2 Å². The SMILES string of the molecule is O=C(COc1ccc(Cl)cc1Br)NN=Cc1ccoc1. The van der Waals surface area contributed by atoms with E-state index in [9.17, 15) is 4.79 Å². The second-order valence-corrected chi connectivity index (χ2v) is 5.00. The van der Waals surface area contributed by atoms with E-state index in [2.05, 4.69) is 26.5 Å². The first kappa shape index (κ1) is 14.6. The van der Waals surface area contributed by atoms with Crippen LogP contribution in [-0.4, -0.2) is 18.7 Å². The highest BCUT2D eigenvalue weighted by Gasteiger charge is 2.05. The van der Waals surface area contributed by atoms with Crippen molar-refractivity contribution in [1.29, 1.82) is 0 Å². The summed E-state index contributed by atoms with van der Waals surface area (Å²) < 4.78 is 10.9. The van der Waals surface area contributed by atoms with Gasteiger partial charge in [-0.1, -0.05) is 11.6 Å². The van der Waals surface area contributed by atoms with Crippen LogP contribution in [-0.2, 0) is 4.79 Å². The highest BCUT2D eigenvalue weighted by molar-refractivity contribution is 9.10. The van der Waals surface area contributed by atoms with E-state index in [1.54, 1.807) is 24.3 Å². The first-order valence-electron chi connectivity index (χ1n) is 5.57. The number of ether oxygens (including phenoxy) is 1. The van der Waals surface area contributed by atoms with Gasteiger partial charge >= 0.3 is 0 Å². The zero-order valence-electron chi connectivity index (χ0n) is 10.2. The second kappa shape index (κ2) is 7.12. The topological polar surface area (TPSA) is 63.8 Å². The minimum absolute atomic E-state index is 0.150. The molecule has 1 aromatic carbocycles. The molecule has 5 nitrogen and oxygen atoms in total. The van der Waals surface area contributed by atoms with E-state index in [4.69, 9.17) is 20.8 Å². The van der Waals surface area contributed by atoms with Crippen molar-refractivity contribution in [1.82, 2.24) is 5.43 Å². The molecule has 1 N–H and O–H groups in total. The number of benzene rings is 1. The number of hydrogen-bond acceptors (Lipinski definition) is 4. The Balaban J connectivity index is 1.80. The normalized spacial score (nSPS) is 10.7. The molecule has 0 saturated heterocycles. The van der Waals surface area contributed by atoms with Gasteiger partial charge in [-0.3, -0.25) is 4.79 Å².